The van der Waals surface area contributed by atoms with Gasteiger partial charge in [-0.1, -0.05) is 12.1 Å². The molecule has 1 rings (SSSR count). The molecule has 0 fully saturated rings. The second-order valence-electron chi connectivity index (χ2n) is 5.13. The molecule has 0 heterocycles. The van der Waals surface area contributed by atoms with Crippen LogP contribution < -0.4 is 5.32 Å². The quantitative estimate of drug-likeness (QED) is 0.752. The van der Waals surface area contributed by atoms with Crippen molar-refractivity contribution in [3.05, 3.63) is 41.5 Å². The Labute approximate surface area is 125 Å². The number of amides is 1. The molecule has 114 valence electrons. The van der Waals surface area contributed by atoms with Crippen LogP contribution in [0.2, 0.25) is 0 Å². The van der Waals surface area contributed by atoms with Gasteiger partial charge in [0.15, 0.2) is 0 Å². The largest absolute Gasteiger partial charge is 0.478 e. The van der Waals surface area contributed by atoms with Gasteiger partial charge in [-0.2, -0.15) is 0 Å². The summed E-state index contributed by atoms with van der Waals surface area (Å²) in [4.78, 5) is 24.6. The van der Waals surface area contributed by atoms with Crippen molar-refractivity contribution >= 4 is 18.0 Å². The number of nitrogens with zero attached hydrogens (tertiary/aromatic N) is 1. The number of carboxylic acid groups (broad SMARTS) is 1. The van der Waals surface area contributed by atoms with E-state index < -0.39 is 5.97 Å². The van der Waals surface area contributed by atoms with Gasteiger partial charge in [0.2, 0.25) is 0 Å². The van der Waals surface area contributed by atoms with E-state index in [1.165, 1.54) is 6.08 Å². The number of hydrogen-bond acceptors (Lipinski definition) is 3. The maximum atomic E-state index is 12.0. The van der Waals surface area contributed by atoms with Gasteiger partial charge in [0, 0.05) is 30.8 Å². The van der Waals surface area contributed by atoms with Crippen molar-refractivity contribution in [3.63, 3.8) is 0 Å². The van der Waals surface area contributed by atoms with E-state index in [1.54, 1.807) is 24.3 Å². The average molecular weight is 290 g/mol. The molecule has 1 aromatic rings. The standard InChI is InChI=1S/C16H22N2O3/c1-12(2)18(3)10-9-17-16(21)14-6-4-5-13(11-14)7-8-15(19)20/h4-8,11-12H,9-10H2,1-3H3,(H,17,21)(H,19,20). The van der Waals surface area contributed by atoms with Gasteiger partial charge in [-0.3, -0.25) is 4.79 Å². The topological polar surface area (TPSA) is 69.6 Å². The van der Waals surface area contributed by atoms with E-state index in [0.717, 1.165) is 12.6 Å². The fourth-order valence-corrected chi connectivity index (χ4v) is 1.66. The highest BCUT2D eigenvalue weighted by Gasteiger charge is 2.07. The Morgan fingerprint density at radius 2 is 2.10 bits per heavy atom. The van der Waals surface area contributed by atoms with Gasteiger partial charge in [-0.15, -0.1) is 0 Å². The smallest absolute Gasteiger partial charge is 0.328 e. The minimum atomic E-state index is -1.01. The molecule has 5 heteroatoms. The van der Waals surface area contributed by atoms with E-state index >= 15 is 0 Å². The Kier molecular flexibility index (Phi) is 6.62. The minimum absolute atomic E-state index is 0.155. The highest BCUT2D eigenvalue weighted by molar-refractivity contribution is 5.95. The second kappa shape index (κ2) is 8.21. The summed E-state index contributed by atoms with van der Waals surface area (Å²) >= 11 is 0. The molecular formula is C16H22N2O3. The van der Waals surface area contributed by atoms with Crippen LogP contribution in [0.5, 0.6) is 0 Å². The lowest BCUT2D eigenvalue weighted by Crippen LogP contribution is -2.36. The molecule has 0 aromatic heterocycles. The van der Waals surface area contributed by atoms with Crippen LogP contribution in [0.1, 0.15) is 29.8 Å². The van der Waals surface area contributed by atoms with Crippen molar-refractivity contribution in [1.29, 1.82) is 0 Å². The van der Waals surface area contributed by atoms with Gasteiger partial charge in [0.05, 0.1) is 0 Å². The van der Waals surface area contributed by atoms with Crippen LogP contribution in [0.25, 0.3) is 6.08 Å². The highest BCUT2D eigenvalue weighted by Crippen LogP contribution is 2.07. The lowest BCUT2D eigenvalue weighted by atomic mass is 10.1. The monoisotopic (exact) mass is 290 g/mol. The van der Waals surface area contributed by atoms with Crippen LogP contribution in [0.4, 0.5) is 0 Å². The third-order valence-corrected chi connectivity index (χ3v) is 3.20. The fourth-order valence-electron chi connectivity index (χ4n) is 1.66. The Hall–Kier alpha value is -2.14. The Bertz CT molecular complexity index is 524. The summed E-state index contributed by atoms with van der Waals surface area (Å²) < 4.78 is 0. The van der Waals surface area contributed by atoms with Crippen molar-refractivity contribution in [2.24, 2.45) is 0 Å². The summed E-state index contributed by atoms with van der Waals surface area (Å²) in [6.07, 6.45) is 2.51. The normalized spacial score (nSPS) is 11.3. The van der Waals surface area contributed by atoms with Crippen molar-refractivity contribution in [2.75, 3.05) is 20.1 Å². The van der Waals surface area contributed by atoms with Crippen LogP contribution in [-0.2, 0) is 4.79 Å². The average Bonchev–Trinajstić information content (AvgIpc) is 2.45. The number of likely N-dealkylation sites (N-methyl/N-ethyl adjacent to an activating group) is 1. The summed E-state index contributed by atoms with van der Waals surface area (Å²) in [5.41, 5.74) is 1.21. The summed E-state index contributed by atoms with van der Waals surface area (Å²) in [6.45, 7) is 5.55. The summed E-state index contributed by atoms with van der Waals surface area (Å²) in [5, 5.41) is 11.5. The number of hydrogen-bond donors (Lipinski definition) is 2. The van der Waals surface area contributed by atoms with Crippen LogP contribution in [0.15, 0.2) is 30.3 Å². The molecule has 1 aromatic carbocycles. The molecule has 0 aliphatic heterocycles. The maximum Gasteiger partial charge on any atom is 0.328 e. The molecule has 0 atom stereocenters. The summed E-state index contributed by atoms with van der Waals surface area (Å²) in [6, 6.07) is 7.30. The van der Waals surface area contributed by atoms with Crippen LogP contribution in [0, 0.1) is 0 Å². The number of rotatable bonds is 7. The van der Waals surface area contributed by atoms with E-state index in [0.29, 0.717) is 23.7 Å². The summed E-state index contributed by atoms with van der Waals surface area (Å²) in [5.74, 6) is -1.17. The Balaban J connectivity index is 2.58. The lowest BCUT2D eigenvalue weighted by molar-refractivity contribution is -0.131. The zero-order valence-electron chi connectivity index (χ0n) is 12.7. The van der Waals surface area contributed by atoms with E-state index in [1.807, 2.05) is 7.05 Å². The molecule has 0 spiro atoms. The number of nitrogens with one attached hydrogen (secondary N) is 1. The first-order valence-electron chi connectivity index (χ1n) is 6.89. The fraction of sp³-hybridized carbons (Fsp3) is 0.375. The van der Waals surface area contributed by atoms with Gasteiger partial charge in [-0.05, 0) is 44.7 Å². The first-order valence-corrected chi connectivity index (χ1v) is 6.89. The minimum Gasteiger partial charge on any atom is -0.478 e. The van der Waals surface area contributed by atoms with Crippen molar-refractivity contribution in [2.45, 2.75) is 19.9 Å². The Morgan fingerprint density at radius 3 is 2.71 bits per heavy atom. The summed E-state index contributed by atoms with van der Waals surface area (Å²) in [7, 11) is 2.01. The predicted octanol–water partition coefficient (Wildman–Crippen LogP) is 1.85. The third kappa shape index (κ3) is 6.23. The van der Waals surface area contributed by atoms with E-state index in [4.69, 9.17) is 5.11 Å². The third-order valence-electron chi connectivity index (χ3n) is 3.20. The predicted molar refractivity (Wildman–Crippen MR) is 83.2 cm³/mol. The molecule has 0 aliphatic rings. The molecule has 0 radical (unpaired) electrons. The molecular weight excluding hydrogens is 268 g/mol. The van der Waals surface area contributed by atoms with Crippen LogP contribution >= 0.6 is 0 Å². The molecule has 0 saturated carbocycles. The number of aliphatic carboxylic acids is 1. The molecule has 2 N–H and O–H groups in total. The van der Waals surface area contributed by atoms with Gasteiger partial charge < -0.3 is 15.3 Å². The van der Waals surface area contributed by atoms with E-state index in [9.17, 15) is 9.59 Å². The Morgan fingerprint density at radius 1 is 1.38 bits per heavy atom. The molecule has 5 nitrogen and oxygen atoms in total. The lowest BCUT2D eigenvalue weighted by Gasteiger charge is -2.20. The molecule has 0 bridgehead atoms. The molecule has 0 aliphatic carbocycles. The first-order chi connectivity index (χ1) is 9.90. The maximum absolute atomic E-state index is 12.0. The van der Waals surface area contributed by atoms with E-state index in [2.05, 4.69) is 24.1 Å². The molecule has 0 unspecified atom stereocenters. The van der Waals surface area contributed by atoms with Crippen molar-refractivity contribution < 1.29 is 14.7 Å². The SMILES string of the molecule is CC(C)N(C)CCNC(=O)c1cccc(C=CC(=O)O)c1. The van der Waals surface area contributed by atoms with Crippen LogP contribution in [0.3, 0.4) is 0 Å². The zero-order valence-corrected chi connectivity index (χ0v) is 12.7. The van der Waals surface area contributed by atoms with Crippen molar-refractivity contribution in [3.8, 4) is 0 Å². The molecule has 21 heavy (non-hydrogen) atoms. The zero-order chi connectivity index (χ0) is 15.8. The number of benzene rings is 1. The first kappa shape index (κ1) is 16.9. The van der Waals surface area contributed by atoms with Gasteiger partial charge in [0.1, 0.15) is 0 Å². The van der Waals surface area contributed by atoms with Gasteiger partial charge in [-0.25, -0.2) is 4.79 Å². The van der Waals surface area contributed by atoms with Crippen LogP contribution in [-0.4, -0.2) is 48.1 Å². The molecule has 0 saturated heterocycles. The molecule has 1 amide bonds. The highest BCUT2D eigenvalue weighted by atomic mass is 16.4. The second-order valence-corrected chi connectivity index (χ2v) is 5.13. The van der Waals surface area contributed by atoms with Gasteiger partial charge >= 0.3 is 5.97 Å². The number of carbonyl (C=O) groups excluding carboxylic acids is 1. The number of carbonyl (C=O) groups is 2. The van der Waals surface area contributed by atoms with Crippen molar-refractivity contribution in [1.82, 2.24) is 10.2 Å². The van der Waals surface area contributed by atoms with Gasteiger partial charge in [0.25, 0.3) is 5.91 Å². The van der Waals surface area contributed by atoms with E-state index in [-0.39, 0.29) is 5.91 Å². The number of carboxylic acids is 1.